The number of carboxylic acids is 3. The molecule has 6 unspecified atom stereocenters. The van der Waals surface area contributed by atoms with Crippen LogP contribution in [0.5, 0.6) is 0 Å². The standard InChI is InChI=1S/C47H54N4O10/c1-6-27(3)29(5)48-41(52)34-19-32(22-37(25-34)44(55)51-40(47(60)61)28(4)7-2)18-33-20-35(42(53)49-38(45(56)57)23-30-14-10-8-11-15-30)26-36(21-33)43(54)50-39(46(58)59)24-31-16-12-9-13-17-31/h8-17,19-22,25-29,38-40H,6-7,18,23-24H2,1-5H3,(H,48,52)(H,49,53)(H,50,54)(H,51,55)(H,56,57)(H,58,59)(H,60,61). The first-order valence-corrected chi connectivity index (χ1v) is 20.3. The van der Waals surface area contributed by atoms with Gasteiger partial charge in [0.1, 0.15) is 18.1 Å². The van der Waals surface area contributed by atoms with Gasteiger partial charge in [0.25, 0.3) is 23.6 Å². The van der Waals surface area contributed by atoms with Crippen molar-refractivity contribution in [3.05, 3.63) is 142 Å². The maximum absolute atomic E-state index is 13.9. The summed E-state index contributed by atoms with van der Waals surface area (Å²) in [5, 5.41) is 40.6. The molecule has 0 fully saturated rings. The van der Waals surface area contributed by atoms with Crippen LogP contribution in [-0.2, 0) is 33.6 Å². The molecule has 0 aliphatic carbocycles. The van der Waals surface area contributed by atoms with Gasteiger partial charge in [0, 0.05) is 41.1 Å². The summed E-state index contributed by atoms with van der Waals surface area (Å²) in [4.78, 5) is 91.8. The average molecular weight is 835 g/mol. The first-order chi connectivity index (χ1) is 29.0. The Labute approximate surface area is 355 Å². The minimum atomic E-state index is -1.35. The second kappa shape index (κ2) is 22.0. The molecule has 4 rings (SSSR count). The second-order valence-electron chi connectivity index (χ2n) is 15.4. The van der Waals surface area contributed by atoms with E-state index in [0.29, 0.717) is 28.7 Å². The van der Waals surface area contributed by atoms with Crippen LogP contribution in [-0.4, -0.2) is 81.0 Å². The van der Waals surface area contributed by atoms with Crippen LogP contribution in [0.3, 0.4) is 0 Å². The quantitative estimate of drug-likeness (QED) is 0.0556. The fourth-order valence-electron chi connectivity index (χ4n) is 6.62. The summed E-state index contributed by atoms with van der Waals surface area (Å²) >= 11 is 0. The summed E-state index contributed by atoms with van der Waals surface area (Å²) in [6.07, 6.45) is 1.11. The fourth-order valence-corrected chi connectivity index (χ4v) is 6.62. The lowest BCUT2D eigenvalue weighted by Crippen LogP contribution is -2.45. The minimum absolute atomic E-state index is 0.00400. The van der Waals surface area contributed by atoms with Gasteiger partial charge in [-0.3, -0.25) is 19.2 Å². The number of nitrogens with one attached hydrogen (secondary N) is 4. The number of amides is 4. The van der Waals surface area contributed by atoms with Gasteiger partial charge in [-0.2, -0.15) is 0 Å². The molecule has 14 nitrogen and oxygen atoms in total. The fraction of sp³-hybridized carbons (Fsp3) is 0.340. The lowest BCUT2D eigenvalue weighted by Gasteiger charge is -2.22. The number of carbonyl (C=O) groups is 7. The van der Waals surface area contributed by atoms with Gasteiger partial charge in [0.15, 0.2) is 0 Å². The van der Waals surface area contributed by atoms with Crippen LogP contribution in [0.4, 0.5) is 0 Å². The molecule has 0 aliphatic rings. The second-order valence-corrected chi connectivity index (χ2v) is 15.4. The Morgan fingerprint density at radius 3 is 1.16 bits per heavy atom. The molecule has 0 saturated carbocycles. The molecule has 0 aliphatic heterocycles. The van der Waals surface area contributed by atoms with Crippen molar-refractivity contribution in [2.75, 3.05) is 0 Å². The summed E-state index contributed by atoms with van der Waals surface area (Å²) in [7, 11) is 0. The van der Waals surface area contributed by atoms with Crippen molar-refractivity contribution < 1.29 is 48.9 Å². The molecule has 4 aromatic rings. The number of benzene rings is 4. The molecular weight excluding hydrogens is 781 g/mol. The Bertz CT molecular complexity index is 2120. The number of carboxylic acid groups (broad SMARTS) is 3. The molecule has 61 heavy (non-hydrogen) atoms. The average Bonchev–Trinajstić information content (AvgIpc) is 3.24. The zero-order valence-corrected chi connectivity index (χ0v) is 34.9. The number of rotatable bonds is 21. The van der Waals surface area contributed by atoms with E-state index in [0.717, 1.165) is 6.42 Å². The van der Waals surface area contributed by atoms with Crippen LogP contribution in [0, 0.1) is 11.8 Å². The van der Waals surface area contributed by atoms with Gasteiger partial charge in [-0.1, -0.05) is 101 Å². The molecule has 7 N–H and O–H groups in total. The number of aliphatic carboxylic acids is 3. The maximum atomic E-state index is 13.9. The largest absolute Gasteiger partial charge is 0.480 e. The Balaban J connectivity index is 1.79. The van der Waals surface area contributed by atoms with Crippen LogP contribution in [0.2, 0.25) is 0 Å². The Hall–Kier alpha value is -6.83. The van der Waals surface area contributed by atoms with Gasteiger partial charge in [-0.05, 0) is 83.8 Å². The number of carbonyl (C=O) groups excluding carboxylic acids is 4. The highest BCUT2D eigenvalue weighted by molar-refractivity contribution is 6.03. The molecule has 14 heteroatoms. The van der Waals surface area contributed by atoms with Crippen LogP contribution >= 0.6 is 0 Å². The van der Waals surface area contributed by atoms with E-state index < -0.39 is 65.6 Å². The van der Waals surface area contributed by atoms with Gasteiger partial charge in [0.05, 0.1) is 0 Å². The van der Waals surface area contributed by atoms with E-state index >= 15 is 0 Å². The normalized spacial score (nSPS) is 13.9. The van der Waals surface area contributed by atoms with Gasteiger partial charge in [0.2, 0.25) is 0 Å². The third-order valence-corrected chi connectivity index (χ3v) is 10.8. The van der Waals surface area contributed by atoms with Crippen molar-refractivity contribution in [2.45, 2.75) is 90.9 Å². The summed E-state index contributed by atoms with van der Waals surface area (Å²) < 4.78 is 0. The molecule has 4 amide bonds. The van der Waals surface area contributed by atoms with E-state index in [4.69, 9.17) is 0 Å². The lowest BCUT2D eigenvalue weighted by atomic mass is 9.94. The molecule has 0 radical (unpaired) electrons. The number of hydrogen-bond donors (Lipinski definition) is 7. The lowest BCUT2D eigenvalue weighted by molar-refractivity contribution is -0.141. The molecule has 322 valence electrons. The van der Waals surface area contributed by atoms with Crippen LogP contribution in [0.1, 0.15) is 111 Å². The third-order valence-electron chi connectivity index (χ3n) is 10.8. The van der Waals surface area contributed by atoms with E-state index in [1.807, 2.05) is 20.8 Å². The Kier molecular flexibility index (Phi) is 16.9. The molecule has 0 aromatic heterocycles. The Morgan fingerprint density at radius 2 is 0.820 bits per heavy atom. The zero-order chi connectivity index (χ0) is 44.8. The predicted octanol–water partition coefficient (Wildman–Crippen LogP) is 5.52. The van der Waals surface area contributed by atoms with E-state index in [2.05, 4.69) is 21.3 Å². The molecule has 0 bridgehead atoms. The minimum Gasteiger partial charge on any atom is -0.480 e. The maximum Gasteiger partial charge on any atom is 0.326 e. The molecule has 0 heterocycles. The first-order valence-electron chi connectivity index (χ1n) is 20.3. The highest BCUT2D eigenvalue weighted by Crippen LogP contribution is 2.21. The van der Waals surface area contributed by atoms with Crippen molar-refractivity contribution in [3.8, 4) is 0 Å². The first kappa shape index (κ1) is 46.9. The topological polar surface area (TPSA) is 228 Å². The SMILES string of the molecule is CCC(C)C(C)NC(=O)c1cc(Cc2cc(C(=O)NC(Cc3ccccc3)C(=O)O)cc(C(=O)NC(Cc3ccccc3)C(=O)O)c2)cc(C(=O)NC(C(=O)O)C(C)CC)c1. The van der Waals surface area contributed by atoms with E-state index in [1.165, 1.54) is 30.3 Å². The van der Waals surface area contributed by atoms with Crippen molar-refractivity contribution in [1.82, 2.24) is 21.3 Å². The zero-order valence-electron chi connectivity index (χ0n) is 34.9. The van der Waals surface area contributed by atoms with E-state index in [9.17, 15) is 48.9 Å². The summed E-state index contributed by atoms with van der Waals surface area (Å²) in [5.41, 5.74) is 1.90. The summed E-state index contributed by atoms with van der Waals surface area (Å²) in [6.45, 7) is 9.33. The van der Waals surface area contributed by atoms with Crippen molar-refractivity contribution in [1.29, 1.82) is 0 Å². The molecule has 4 aromatic carbocycles. The Morgan fingerprint density at radius 1 is 0.459 bits per heavy atom. The monoisotopic (exact) mass is 834 g/mol. The van der Waals surface area contributed by atoms with Crippen molar-refractivity contribution >= 4 is 41.5 Å². The van der Waals surface area contributed by atoms with Crippen molar-refractivity contribution in [2.24, 2.45) is 11.8 Å². The molecule has 0 saturated heterocycles. The highest BCUT2D eigenvalue weighted by Gasteiger charge is 2.28. The molecule has 6 atom stereocenters. The van der Waals surface area contributed by atoms with Gasteiger partial charge >= 0.3 is 17.9 Å². The molecule has 0 spiro atoms. The summed E-state index contributed by atoms with van der Waals surface area (Å²) in [5.74, 6) is -6.95. The highest BCUT2D eigenvalue weighted by atomic mass is 16.4. The van der Waals surface area contributed by atoms with Gasteiger partial charge in [-0.25, -0.2) is 14.4 Å². The van der Waals surface area contributed by atoms with E-state index in [1.54, 1.807) is 80.6 Å². The van der Waals surface area contributed by atoms with E-state index in [-0.39, 0.29) is 53.5 Å². The molecular formula is C47H54N4O10. The smallest absolute Gasteiger partial charge is 0.326 e. The van der Waals surface area contributed by atoms with Crippen LogP contribution in [0.15, 0.2) is 97.1 Å². The summed E-state index contributed by atoms with van der Waals surface area (Å²) in [6, 6.07) is 21.7. The predicted molar refractivity (Wildman–Crippen MR) is 228 cm³/mol. The van der Waals surface area contributed by atoms with Crippen molar-refractivity contribution in [3.63, 3.8) is 0 Å². The van der Waals surface area contributed by atoms with Crippen LogP contribution in [0.25, 0.3) is 0 Å². The third kappa shape index (κ3) is 13.6. The number of hydrogen-bond acceptors (Lipinski definition) is 7. The van der Waals surface area contributed by atoms with Gasteiger partial charge < -0.3 is 36.6 Å². The van der Waals surface area contributed by atoms with Crippen LogP contribution < -0.4 is 21.3 Å². The van der Waals surface area contributed by atoms with Gasteiger partial charge in [-0.15, -0.1) is 0 Å².